The monoisotopic (exact) mass is 286 g/mol. The largest absolute Gasteiger partial charge is 0.385 e. The minimum absolute atomic E-state index is 0.725. The van der Waals surface area contributed by atoms with Crippen molar-refractivity contribution in [3.63, 3.8) is 0 Å². The average Bonchev–Trinajstić information content (AvgIpc) is 2.53. The lowest BCUT2D eigenvalue weighted by atomic mass is 10.2. The van der Waals surface area contributed by atoms with Crippen LogP contribution in [0.15, 0.2) is 36.4 Å². The van der Waals surface area contributed by atoms with Gasteiger partial charge in [0.1, 0.15) is 11.6 Å². The smallest absolute Gasteiger partial charge is 0.163 e. The van der Waals surface area contributed by atoms with Gasteiger partial charge in [0, 0.05) is 38.4 Å². The van der Waals surface area contributed by atoms with Gasteiger partial charge in [0.05, 0.1) is 0 Å². The van der Waals surface area contributed by atoms with E-state index in [1.165, 1.54) is 0 Å². The van der Waals surface area contributed by atoms with Crippen molar-refractivity contribution in [2.45, 2.75) is 13.3 Å². The summed E-state index contributed by atoms with van der Waals surface area (Å²) in [5.74, 6) is 2.39. The minimum atomic E-state index is 0.725. The Labute approximate surface area is 125 Å². The van der Waals surface area contributed by atoms with Crippen molar-refractivity contribution >= 4 is 11.6 Å². The molecule has 0 bridgehead atoms. The number of rotatable bonds is 8. The Kier molecular flexibility index (Phi) is 5.97. The van der Waals surface area contributed by atoms with E-state index < -0.39 is 0 Å². The van der Waals surface area contributed by atoms with Crippen LogP contribution in [0.3, 0.4) is 0 Å². The Hall–Kier alpha value is -2.14. The van der Waals surface area contributed by atoms with Gasteiger partial charge in [-0.3, -0.25) is 0 Å². The molecule has 0 radical (unpaired) electrons. The van der Waals surface area contributed by atoms with E-state index in [-0.39, 0.29) is 0 Å². The summed E-state index contributed by atoms with van der Waals surface area (Å²) in [5, 5.41) is 6.56. The van der Waals surface area contributed by atoms with Gasteiger partial charge in [-0.15, -0.1) is 0 Å². The Bertz CT molecular complexity index is 545. The maximum atomic E-state index is 5.05. The van der Waals surface area contributed by atoms with Crippen LogP contribution in [-0.4, -0.2) is 36.8 Å². The molecule has 2 N–H and O–H groups in total. The van der Waals surface area contributed by atoms with Gasteiger partial charge in [-0.2, -0.15) is 0 Å². The predicted octanol–water partition coefficient (Wildman–Crippen LogP) is 3.02. The summed E-state index contributed by atoms with van der Waals surface area (Å²) in [6.45, 7) is 4.44. The maximum absolute atomic E-state index is 5.05. The maximum Gasteiger partial charge on any atom is 0.163 e. The van der Waals surface area contributed by atoms with Crippen LogP contribution in [0.1, 0.15) is 13.3 Å². The van der Waals surface area contributed by atoms with Crippen molar-refractivity contribution in [3.05, 3.63) is 36.4 Å². The van der Waals surface area contributed by atoms with Crippen LogP contribution in [0.2, 0.25) is 0 Å². The van der Waals surface area contributed by atoms with E-state index in [1.54, 1.807) is 7.11 Å². The number of nitrogens with one attached hydrogen (secondary N) is 2. The molecule has 5 heteroatoms. The highest BCUT2D eigenvalue weighted by atomic mass is 16.5. The van der Waals surface area contributed by atoms with Crippen molar-refractivity contribution in [1.29, 1.82) is 0 Å². The standard InChI is InChI=1S/C16H22N4O/c1-3-17-14-12-15(18-10-7-11-21-2)20-16(19-14)13-8-5-4-6-9-13/h4-6,8-9,12H,3,7,10-11H2,1-2H3,(H2,17,18,19,20). The van der Waals surface area contributed by atoms with Gasteiger partial charge >= 0.3 is 0 Å². The van der Waals surface area contributed by atoms with E-state index in [0.29, 0.717) is 0 Å². The number of aromatic nitrogens is 2. The van der Waals surface area contributed by atoms with Crippen molar-refractivity contribution in [2.24, 2.45) is 0 Å². The Morgan fingerprint density at radius 3 is 2.43 bits per heavy atom. The molecule has 0 atom stereocenters. The summed E-state index contributed by atoms with van der Waals surface area (Å²) in [6, 6.07) is 11.9. The van der Waals surface area contributed by atoms with Crippen LogP contribution in [0, 0.1) is 0 Å². The molecular weight excluding hydrogens is 264 g/mol. The van der Waals surface area contributed by atoms with E-state index in [9.17, 15) is 0 Å². The molecule has 0 saturated heterocycles. The number of ether oxygens (including phenoxy) is 1. The first-order valence-corrected chi connectivity index (χ1v) is 7.24. The lowest BCUT2D eigenvalue weighted by Gasteiger charge is -2.10. The van der Waals surface area contributed by atoms with Crippen molar-refractivity contribution in [1.82, 2.24) is 9.97 Å². The highest BCUT2D eigenvalue weighted by molar-refractivity contribution is 5.61. The summed E-state index contributed by atoms with van der Waals surface area (Å²) < 4.78 is 5.05. The number of methoxy groups -OCH3 is 1. The zero-order valence-electron chi connectivity index (χ0n) is 12.6. The van der Waals surface area contributed by atoms with Crippen LogP contribution in [0.5, 0.6) is 0 Å². The quantitative estimate of drug-likeness (QED) is 0.730. The molecule has 0 aliphatic carbocycles. The molecule has 0 unspecified atom stereocenters. The molecule has 0 aliphatic rings. The Balaban J connectivity index is 2.18. The fourth-order valence-electron chi connectivity index (χ4n) is 1.96. The Morgan fingerprint density at radius 1 is 1.05 bits per heavy atom. The molecule has 0 saturated carbocycles. The first-order valence-electron chi connectivity index (χ1n) is 7.24. The molecule has 2 aromatic rings. The van der Waals surface area contributed by atoms with E-state index in [2.05, 4.69) is 27.5 Å². The lowest BCUT2D eigenvalue weighted by Crippen LogP contribution is -2.09. The molecule has 1 aromatic heterocycles. The molecule has 0 fully saturated rings. The number of anilines is 2. The SMILES string of the molecule is CCNc1cc(NCCCOC)nc(-c2ccccc2)n1. The van der Waals surface area contributed by atoms with Gasteiger partial charge in [-0.1, -0.05) is 30.3 Å². The third-order valence-corrected chi connectivity index (χ3v) is 2.95. The normalized spacial score (nSPS) is 10.4. The molecular formula is C16H22N4O. The summed E-state index contributed by atoms with van der Waals surface area (Å²) >= 11 is 0. The predicted molar refractivity (Wildman–Crippen MR) is 86.6 cm³/mol. The molecule has 112 valence electrons. The highest BCUT2D eigenvalue weighted by Gasteiger charge is 2.06. The first-order chi connectivity index (χ1) is 10.3. The fourth-order valence-corrected chi connectivity index (χ4v) is 1.96. The third kappa shape index (κ3) is 4.72. The molecule has 5 nitrogen and oxygen atoms in total. The van der Waals surface area contributed by atoms with Gasteiger partial charge in [-0.25, -0.2) is 9.97 Å². The second kappa shape index (κ2) is 8.21. The first kappa shape index (κ1) is 15.3. The van der Waals surface area contributed by atoms with Crippen LogP contribution >= 0.6 is 0 Å². The molecule has 0 amide bonds. The van der Waals surface area contributed by atoms with Crippen molar-refractivity contribution in [2.75, 3.05) is 37.4 Å². The number of hydrogen-bond acceptors (Lipinski definition) is 5. The van der Waals surface area contributed by atoms with Gasteiger partial charge in [-0.05, 0) is 13.3 Å². The zero-order chi connectivity index (χ0) is 14.9. The lowest BCUT2D eigenvalue weighted by molar-refractivity contribution is 0.198. The van der Waals surface area contributed by atoms with Crippen LogP contribution in [0.4, 0.5) is 11.6 Å². The van der Waals surface area contributed by atoms with Crippen LogP contribution in [0.25, 0.3) is 11.4 Å². The van der Waals surface area contributed by atoms with Crippen molar-refractivity contribution < 1.29 is 4.74 Å². The number of nitrogens with zero attached hydrogens (tertiary/aromatic N) is 2. The molecule has 1 heterocycles. The number of hydrogen-bond donors (Lipinski definition) is 2. The summed E-state index contributed by atoms with van der Waals surface area (Å²) in [4.78, 5) is 9.13. The topological polar surface area (TPSA) is 59.1 Å². The van der Waals surface area contributed by atoms with Gasteiger partial charge in [0.2, 0.25) is 0 Å². The molecule has 21 heavy (non-hydrogen) atoms. The average molecular weight is 286 g/mol. The number of benzene rings is 1. The van der Waals surface area contributed by atoms with E-state index in [4.69, 9.17) is 4.74 Å². The van der Waals surface area contributed by atoms with E-state index in [0.717, 1.165) is 49.1 Å². The molecule has 0 spiro atoms. The summed E-state index contributed by atoms with van der Waals surface area (Å²) in [5.41, 5.74) is 1.01. The van der Waals surface area contributed by atoms with Gasteiger partial charge in [0.15, 0.2) is 5.82 Å². The van der Waals surface area contributed by atoms with Crippen LogP contribution < -0.4 is 10.6 Å². The van der Waals surface area contributed by atoms with Crippen molar-refractivity contribution in [3.8, 4) is 11.4 Å². The molecule has 0 aliphatic heterocycles. The van der Waals surface area contributed by atoms with E-state index >= 15 is 0 Å². The van der Waals surface area contributed by atoms with E-state index in [1.807, 2.05) is 36.4 Å². The van der Waals surface area contributed by atoms with Crippen LogP contribution in [-0.2, 0) is 4.74 Å². The molecule has 2 rings (SSSR count). The second-order valence-corrected chi connectivity index (χ2v) is 4.63. The highest BCUT2D eigenvalue weighted by Crippen LogP contribution is 2.19. The fraction of sp³-hybridized carbons (Fsp3) is 0.375. The minimum Gasteiger partial charge on any atom is -0.385 e. The molecule has 1 aromatic carbocycles. The Morgan fingerprint density at radius 2 is 1.76 bits per heavy atom. The second-order valence-electron chi connectivity index (χ2n) is 4.63. The zero-order valence-corrected chi connectivity index (χ0v) is 12.6. The van der Waals surface area contributed by atoms with Gasteiger partial charge < -0.3 is 15.4 Å². The summed E-state index contributed by atoms with van der Waals surface area (Å²) in [6.07, 6.45) is 0.942. The summed E-state index contributed by atoms with van der Waals surface area (Å²) in [7, 11) is 1.71. The van der Waals surface area contributed by atoms with Gasteiger partial charge in [0.25, 0.3) is 0 Å². The third-order valence-electron chi connectivity index (χ3n) is 2.95.